The molecule has 2 fully saturated rings. The maximum absolute atomic E-state index is 12.2. The molecule has 2 unspecified atom stereocenters. The quantitative estimate of drug-likeness (QED) is 0.803. The highest BCUT2D eigenvalue weighted by Gasteiger charge is 2.42. The van der Waals surface area contributed by atoms with Crippen LogP contribution in [0.3, 0.4) is 0 Å². The van der Waals surface area contributed by atoms with E-state index in [-0.39, 0.29) is 24.4 Å². The Labute approximate surface area is 121 Å². The zero-order valence-electron chi connectivity index (χ0n) is 12.9. The zero-order chi connectivity index (χ0) is 14.8. The minimum absolute atomic E-state index is 0.0637. The number of piperidine rings is 1. The van der Waals surface area contributed by atoms with E-state index in [2.05, 4.69) is 0 Å². The molecule has 5 nitrogen and oxygen atoms in total. The lowest BCUT2D eigenvalue weighted by Crippen LogP contribution is -2.55. The van der Waals surface area contributed by atoms with E-state index in [1.807, 2.05) is 20.8 Å². The fourth-order valence-electron chi connectivity index (χ4n) is 3.13. The van der Waals surface area contributed by atoms with Crippen molar-refractivity contribution in [2.45, 2.75) is 70.2 Å². The largest absolute Gasteiger partial charge is 0.444 e. The second-order valence-electron chi connectivity index (χ2n) is 7.00. The summed E-state index contributed by atoms with van der Waals surface area (Å²) in [5.41, 5.74) is -0.746. The van der Waals surface area contributed by atoms with Crippen molar-refractivity contribution in [3.05, 3.63) is 0 Å². The van der Waals surface area contributed by atoms with Gasteiger partial charge in [-0.25, -0.2) is 4.79 Å². The number of carbonyl (C=O) groups is 1. The van der Waals surface area contributed by atoms with Crippen LogP contribution in [-0.2, 0) is 9.47 Å². The first-order valence-corrected chi connectivity index (χ1v) is 7.60. The fraction of sp³-hybridized carbons (Fsp3) is 0.933. The lowest BCUT2D eigenvalue weighted by molar-refractivity contribution is -0.165. The molecule has 1 N–H and O–H groups in total. The molecule has 2 saturated heterocycles. The molecule has 20 heavy (non-hydrogen) atoms. The highest BCUT2D eigenvalue weighted by Crippen LogP contribution is 2.36. The molecule has 0 aromatic rings. The maximum atomic E-state index is 12.2. The van der Waals surface area contributed by atoms with Gasteiger partial charge in [0.25, 0.3) is 0 Å². The number of rotatable bonds is 1. The van der Waals surface area contributed by atoms with Crippen LogP contribution in [0.1, 0.15) is 52.9 Å². The highest BCUT2D eigenvalue weighted by atomic mass is 16.6. The molecule has 2 heterocycles. The number of nitrogens with zero attached hydrogens (tertiary/aromatic N) is 1. The van der Waals surface area contributed by atoms with Crippen LogP contribution in [0.15, 0.2) is 0 Å². The number of carbonyl (C=O) groups excluding carboxylic acids is 1. The molecule has 2 aliphatic heterocycles. The summed E-state index contributed by atoms with van der Waals surface area (Å²) in [7, 11) is 0. The molecule has 2 aliphatic rings. The van der Waals surface area contributed by atoms with Crippen LogP contribution in [0.25, 0.3) is 0 Å². The topological polar surface area (TPSA) is 59.0 Å². The van der Waals surface area contributed by atoms with Crippen molar-refractivity contribution >= 4 is 6.09 Å². The SMILES string of the molecule is CC(C)(C)OC(=O)N1CCCC2(CCCC(CO)O2)C1. The Hall–Kier alpha value is -0.810. The van der Waals surface area contributed by atoms with Gasteiger partial charge in [-0.15, -0.1) is 0 Å². The van der Waals surface area contributed by atoms with Crippen molar-refractivity contribution in [3.63, 3.8) is 0 Å². The van der Waals surface area contributed by atoms with Gasteiger partial charge in [0.05, 0.1) is 24.9 Å². The van der Waals surface area contributed by atoms with E-state index < -0.39 is 5.60 Å². The monoisotopic (exact) mass is 285 g/mol. The van der Waals surface area contributed by atoms with E-state index in [1.165, 1.54) is 0 Å². The third-order valence-electron chi connectivity index (χ3n) is 3.97. The Morgan fingerprint density at radius 3 is 2.75 bits per heavy atom. The summed E-state index contributed by atoms with van der Waals surface area (Å²) in [5, 5.41) is 9.30. The molecule has 0 bridgehead atoms. The number of aliphatic hydroxyl groups is 1. The van der Waals surface area contributed by atoms with Crippen LogP contribution in [0.2, 0.25) is 0 Å². The normalized spacial score (nSPS) is 31.4. The standard InChI is InChI=1S/C15H27NO4/c1-14(2,3)20-13(18)16-9-5-8-15(11-16)7-4-6-12(10-17)19-15/h12,17H,4-11H2,1-3H3. The molecule has 2 atom stereocenters. The van der Waals surface area contributed by atoms with Gasteiger partial charge in [0.15, 0.2) is 0 Å². The number of ether oxygens (including phenoxy) is 2. The molecule has 0 aliphatic carbocycles. The number of hydrogen-bond donors (Lipinski definition) is 1. The number of amides is 1. The average molecular weight is 285 g/mol. The van der Waals surface area contributed by atoms with Crippen LogP contribution in [-0.4, -0.2) is 53.1 Å². The summed E-state index contributed by atoms with van der Waals surface area (Å²) >= 11 is 0. The van der Waals surface area contributed by atoms with Crippen molar-refractivity contribution in [3.8, 4) is 0 Å². The minimum Gasteiger partial charge on any atom is -0.444 e. The molecular formula is C15H27NO4. The van der Waals surface area contributed by atoms with E-state index in [4.69, 9.17) is 9.47 Å². The summed E-state index contributed by atoms with van der Waals surface area (Å²) in [5.74, 6) is 0. The fourth-order valence-corrected chi connectivity index (χ4v) is 3.13. The van der Waals surface area contributed by atoms with Crippen molar-refractivity contribution in [1.29, 1.82) is 0 Å². The van der Waals surface area contributed by atoms with Gasteiger partial charge in [0.1, 0.15) is 5.60 Å². The summed E-state index contributed by atoms with van der Waals surface area (Å²) in [6.07, 6.45) is 4.47. The van der Waals surface area contributed by atoms with Gasteiger partial charge < -0.3 is 19.5 Å². The van der Waals surface area contributed by atoms with E-state index in [1.54, 1.807) is 4.90 Å². The molecular weight excluding hydrogens is 258 g/mol. The van der Waals surface area contributed by atoms with Crippen LogP contribution in [0, 0.1) is 0 Å². The minimum atomic E-state index is -0.469. The second-order valence-corrected chi connectivity index (χ2v) is 7.00. The number of likely N-dealkylation sites (tertiary alicyclic amines) is 1. The van der Waals surface area contributed by atoms with Gasteiger partial charge in [-0.05, 0) is 52.9 Å². The number of hydrogen-bond acceptors (Lipinski definition) is 4. The van der Waals surface area contributed by atoms with Gasteiger partial charge in [-0.2, -0.15) is 0 Å². The summed E-state index contributed by atoms with van der Waals surface area (Å²) < 4.78 is 11.5. The van der Waals surface area contributed by atoms with Gasteiger partial charge >= 0.3 is 6.09 Å². The summed E-state index contributed by atoms with van der Waals surface area (Å²) in [4.78, 5) is 13.9. The predicted octanol–water partition coefficient (Wildman–Crippen LogP) is 2.32. The Morgan fingerprint density at radius 2 is 2.10 bits per heavy atom. The average Bonchev–Trinajstić information content (AvgIpc) is 2.37. The molecule has 5 heteroatoms. The Bertz CT molecular complexity index is 348. The van der Waals surface area contributed by atoms with Crippen molar-refractivity contribution in [2.75, 3.05) is 19.7 Å². The van der Waals surface area contributed by atoms with E-state index in [0.717, 1.165) is 38.6 Å². The molecule has 1 spiro atoms. The Balaban J connectivity index is 1.99. The van der Waals surface area contributed by atoms with Gasteiger partial charge in [-0.1, -0.05) is 0 Å². The van der Waals surface area contributed by atoms with Crippen LogP contribution < -0.4 is 0 Å². The second kappa shape index (κ2) is 5.90. The van der Waals surface area contributed by atoms with Crippen molar-refractivity contribution < 1.29 is 19.4 Å². The van der Waals surface area contributed by atoms with Crippen molar-refractivity contribution in [1.82, 2.24) is 4.90 Å². The van der Waals surface area contributed by atoms with Gasteiger partial charge in [0.2, 0.25) is 0 Å². The van der Waals surface area contributed by atoms with E-state index in [0.29, 0.717) is 6.54 Å². The van der Waals surface area contributed by atoms with Gasteiger partial charge in [-0.3, -0.25) is 0 Å². The lowest BCUT2D eigenvalue weighted by atomic mass is 9.84. The predicted molar refractivity (Wildman–Crippen MR) is 75.6 cm³/mol. The first kappa shape index (κ1) is 15.6. The van der Waals surface area contributed by atoms with Crippen LogP contribution in [0.4, 0.5) is 4.79 Å². The first-order valence-electron chi connectivity index (χ1n) is 7.60. The molecule has 0 radical (unpaired) electrons. The molecule has 0 saturated carbocycles. The molecule has 2 rings (SSSR count). The third kappa shape index (κ3) is 3.85. The Morgan fingerprint density at radius 1 is 1.40 bits per heavy atom. The van der Waals surface area contributed by atoms with Crippen LogP contribution in [0.5, 0.6) is 0 Å². The Kier molecular flexibility index (Phi) is 4.59. The van der Waals surface area contributed by atoms with Gasteiger partial charge in [0, 0.05) is 6.54 Å². The summed E-state index contributed by atoms with van der Waals surface area (Å²) in [6, 6.07) is 0. The summed E-state index contributed by atoms with van der Waals surface area (Å²) in [6.45, 7) is 7.01. The van der Waals surface area contributed by atoms with E-state index >= 15 is 0 Å². The van der Waals surface area contributed by atoms with E-state index in [9.17, 15) is 9.90 Å². The zero-order valence-corrected chi connectivity index (χ0v) is 12.9. The first-order chi connectivity index (χ1) is 9.34. The third-order valence-corrected chi connectivity index (χ3v) is 3.97. The molecule has 1 amide bonds. The smallest absolute Gasteiger partial charge is 0.410 e. The maximum Gasteiger partial charge on any atom is 0.410 e. The molecule has 0 aromatic carbocycles. The van der Waals surface area contributed by atoms with Crippen LogP contribution >= 0.6 is 0 Å². The number of aliphatic hydroxyl groups excluding tert-OH is 1. The molecule has 116 valence electrons. The highest BCUT2D eigenvalue weighted by molar-refractivity contribution is 5.68. The lowest BCUT2D eigenvalue weighted by Gasteiger charge is -2.47. The van der Waals surface area contributed by atoms with Crippen molar-refractivity contribution in [2.24, 2.45) is 0 Å². The molecule has 0 aromatic heterocycles.